The molecule has 4 heteroatoms. The van der Waals surface area contributed by atoms with Crippen LogP contribution in [0, 0.1) is 0 Å². The van der Waals surface area contributed by atoms with E-state index in [1.165, 1.54) is 11.3 Å². The monoisotopic (exact) mass is 375 g/mol. The quantitative estimate of drug-likeness (QED) is 0.751. The van der Waals surface area contributed by atoms with Crippen LogP contribution in [0.2, 0.25) is 0 Å². The maximum atomic E-state index is 12.6. The Labute approximate surface area is 168 Å². The molecule has 0 N–H and O–H groups in total. The van der Waals surface area contributed by atoms with Crippen molar-refractivity contribution in [3.63, 3.8) is 0 Å². The minimum Gasteiger partial charge on any atom is -0.378 e. The summed E-state index contributed by atoms with van der Waals surface area (Å²) in [6.07, 6.45) is 4.90. The molecule has 2 aromatic rings. The van der Waals surface area contributed by atoms with Crippen molar-refractivity contribution in [2.75, 3.05) is 51.6 Å². The number of benzene rings is 2. The first-order valence-corrected chi connectivity index (χ1v) is 9.54. The van der Waals surface area contributed by atoms with Crippen LogP contribution in [0.3, 0.4) is 0 Å². The summed E-state index contributed by atoms with van der Waals surface area (Å²) in [6.45, 7) is 0.672. The van der Waals surface area contributed by atoms with Crippen molar-refractivity contribution < 1.29 is 4.79 Å². The van der Waals surface area contributed by atoms with E-state index in [1.807, 2.05) is 41.3 Å². The molecular formula is C24H29N3O. The molecule has 1 aliphatic heterocycles. The van der Waals surface area contributed by atoms with Crippen molar-refractivity contribution >= 4 is 29.4 Å². The van der Waals surface area contributed by atoms with Gasteiger partial charge in [0.15, 0.2) is 0 Å². The minimum absolute atomic E-state index is 0.108. The first kappa shape index (κ1) is 19.7. The van der Waals surface area contributed by atoms with Gasteiger partial charge in [-0.3, -0.25) is 4.79 Å². The highest BCUT2D eigenvalue weighted by molar-refractivity contribution is 5.99. The molecule has 146 valence electrons. The first-order chi connectivity index (χ1) is 13.3. The van der Waals surface area contributed by atoms with Crippen LogP contribution in [0.15, 0.2) is 59.7 Å². The highest BCUT2D eigenvalue weighted by Gasteiger charge is 2.23. The first-order valence-electron chi connectivity index (χ1n) is 9.54. The molecule has 1 heterocycles. The number of anilines is 2. The highest BCUT2D eigenvalue weighted by atomic mass is 16.2. The fourth-order valence-corrected chi connectivity index (χ4v) is 3.38. The van der Waals surface area contributed by atoms with Crippen LogP contribution in [0.25, 0.3) is 12.2 Å². The number of nitrogens with zero attached hydrogens (tertiary/aromatic N) is 3. The molecule has 0 aromatic heterocycles. The molecule has 1 fully saturated rings. The maximum Gasteiger partial charge on any atom is 0.250 e. The number of piperidine rings is 1. The van der Waals surface area contributed by atoms with Crippen molar-refractivity contribution in [1.82, 2.24) is 4.90 Å². The second-order valence-corrected chi connectivity index (χ2v) is 7.78. The molecule has 1 aliphatic rings. The number of likely N-dealkylation sites (N-methyl/N-ethyl adjacent to an activating group) is 1. The van der Waals surface area contributed by atoms with Crippen LogP contribution >= 0.6 is 0 Å². The molecule has 28 heavy (non-hydrogen) atoms. The van der Waals surface area contributed by atoms with Crippen LogP contribution in [0.1, 0.15) is 17.5 Å². The summed E-state index contributed by atoms with van der Waals surface area (Å²) in [5.41, 5.74) is 6.63. The molecule has 1 saturated heterocycles. The van der Waals surface area contributed by atoms with Crippen molar-refractivity contribution in [2.24, 2.45) is 0 Å². The highest BCUT2D eigenvalue weighted by Crippen LogP contribution is 2.26. The van der Waals surface area contributed by atoms with Gasteiger partial charge in [-0.05, 0) is 47.0 Å². The van der Waals surface area contributed by atoms with Gasteiger partial charge in [-0.2, -0.15) is 0 Å². The molecule has 0 atom stereocenters. The number of amides is 1. The smallest absolute Gasteiger partial charge is 0.250 e. The van der Waals surface area contributed by atoms with E-state index >= 15 is 0 Å². The third kappa shape index (κ3) is 4.63. The zero-order valence-corrected chi connectivity index (χ0v) is 17.4. The van der Waals surface area contributed by atoms with E-state index in [9.17, 15) is 4.79 Å². The average molecular weight is 376 g/mol. The molecule has 0 radical (unpaired) electrons. The second-order valence-electron chi connectivity index (χ2n) is 7.78. The van der Waals surface area contributed by atoms with E-state index in [0.717, 1.165) is 22.4 Å². The summed E-state index contributed by atoms with van der Waals surface area (Å²) in [5, 5.41) is 0. The van der Waals surface area contributed by atoms with Crippen LogP contribution in [-0.2, 0) is 4.79 Å². The SMILES string of the molecule is CN1CC(=Cc2ccc(N(C)C)cc2)CC(=Cc2ccc(N(C)C)cc2)C1=O. The van der Waals surface area contributed by atoms with Gasteiger partial charge in [0.05, 0.1) is 0 Å². The van der Waals surface area contributed by atoms with E-state index in [4.69, 9.17) is 0 Å². The van der Waals surface area contributed by atoms with E-state index in [2.05, 4.69) is 64.4 Å². The van der Waals surface area contributed by atoms with Crippen LogP contribution in [0.4, 0.5) is 11.4 Å². The minimum atomic E-state index is 0.108. The third-order valence-electron chi connectivity index (χ3n) is 5.01. The topological polar surface area (TPSA) is 26.8 Å². The van der Waals surface area contributed by atoms with Gasteiger partial charge in [-0.15, -0.1) is 0 Å². The number of hydrogen-bond donors (Lipinski definition) is 0. The van der Waals surface area contributed by atoms with Gasteiger partial charge < -0.3 is 14.7 Å². The summed E-state index contributed by atoms with van der Waals surface area (Å²) in [6, 6.07) is 16.8. The van der Waals surface area contributed by atoms with Crippen molar-refractivity contribution in [1.29, 1.82) is 0 Å². The Morgan fingerprint density at radius 3 is 1.71 bits per heavy atom. The predicted molar refractivity (Wildman–Crippen MR) is 120 cm³/mol. The summed E-state index contributed by atoms with van der Waals surface area (Å²) in [7, 11) is 9.99. The Kier molecular flexibility index (Phi) is 5.88. The van der Waals surface area contributed by atoms with E-state index in [0.29, 0.717) is 13.0 Å². The normalized spacial score (nSPS) is 17.3. The predicted octanol–water partition coefficient (Wildman–Crippen LogP) is 4.15. The summed E-state index contributed by atoms with van der Waals surface area (Å²) < 4.78 is 0. The fraction of sp³-hybridized carbons (Fsp3) is 0.292. The number of carbonyl (C=O) groups is 1. The number of hydrogen-bond acceptors (Lipinski definition) is 3. The van der Waals surface area contributed by atoms with Gasteiger partial charge in [-0.1, -0.05) is 30.3 Å². The molecular weight excluding hydrogens is 346 g/mol. The molecule has 0 aliphatic carbocycles. The van der Waals surface area contributed by atoms with Crippen LogP contribution in [-0.4, -0.2) is 52.6 Å². The Hall–Kier alpha value is -3.01. The maximum absolute atomic E-state index is 12.6. The summed E-state index contributed by atoms with van der Waals surface area (Å²) in [5.74, 6) is 0.108. The lowest BCUT2D eigenvalue weighted by Gasteiger charge is -2.27. The molecule has 0 bridgehead atoms. The molecule has 0 unspecified atom stereocenters. The standard InChI is InChI=1S/C24H29N3O/c1-25(2)22-10-6-18(7-11-22)14-20-16-21(24(28)27(5)17-20)15-19-8-12-23(13-9-19)26(3)4/h6-15H,16-17H2,1-5H3. The summed E-state index contributed by atoms with van der Waals surface area (Å²) in [4.78, 5) is 18.6. The van der Waals surface area contributed by atoms with Gasteiger partial charge in [0, 0.05) is 65.2 Å². The lowest BCUT2D eigenvalue weighted by molar-refractivity contribution is -0.126. The van der Waals surface area contributed by atoms with E-state index in [1.54, 1.807) is 4.90 Å². The lowest BCUT2D eigenvalue weighted by atomic mass is 9.95. The number of carbonyl (C=O) groups excluding carboxylic acids is 1. The molecule has 2 aromatic carbocycles. The largest absolute Gasteiger partial charge is 0.378 e. The van der Waals surface area contributed by atoms with Crippen molar-refractivity contribution in [3.8, 4) is 0 Å². The van der Waals surface area contributed by atoms with Gasteiger partial charge in [-0.25, -0.2) is 0 Å². The Balaban J connectivity index is 1.83. The van der Waals surface area contributed by atoms with Crippen molar-refractivity contribution in [3.05, 3.63) is 70.8 Å². The summed E-state index contributed by atoms with van der Waals surface area (Å²) >= 11 is 0. The molecule has 3 rings (SSSR count). The van der Waals surface area contributed by atoms with Gasteiger partial charge in [0.25, 0.3) is 0 Å². The van der Waals surface area contributed by atoms with Gasteiger partial charge in [0.2, 0.25) is 5.91 Å². The zero-order chi connectivity index (χ0) is 20.3. The van der Waals surface area contributed by atoms with Gasteiger partial charge >= 0.3 is 0 Å². The lowest BCUT2D eigenvalue weighted by Crippen LogP contribution is -2.34. The molecule has 1 amide bonds. The molecule has 0 spiro atoms. The van der Waals surface area contributed by atoms with E-state index < -0.39 is 0 Å². The van der Waals surface area contributed by atoms with Crippen LogP contribution < -0.4 is 9.80 Å². The Morgan fingerprint density at radius 1 is 0.786 bits per heavy atom. The van der Waals surface area contributed by atoms with Crippen LogP contribution in [0.5, 0.6) is 0 Å². The Bertz CT molecular complexity index is 890. The van der Waals surface area contributed by atoms with Crippen molar-refractivity contribution in [2.45, 2.75) is 6.42 Å². The molecule has 4 nitrogen and oxygen atoms in total. The number of rotatable bonds is 4. The Morgan fingerprint density at radius 2 is 1.25 bits per heavy atom. The number of likely N-dealkylation sites (tertiary alicyclic amines) is 1. The fourth-order valence-electron chi connectivity index (χ4n) is 3.38. The van der Waals surface area contributed by atoms with Gasteiger partial charge in [0.1, 0.15) is 0 Å². The second kappa shape index (κ2) is 8.34. The zero-order valence-electron chi connectivity index (χ0n) is 17.4. The van der Waals surface area contributed by atoms with E-state index in [-0.39, 0.29) is 5.91 Å². The molecule has 0 saturated carbocycles. The third-order valence-corrected chi connectivity index (χ3v) is 5.01. The average Bonchev–Trinajstić information content (AvgIpc) is 2.66.